The predicted octanol–water partition coefficient (Wildman–Crippen LogP) is 4.40. The number of H-pyrrole nitrogens is 1. The molecule has 0 aliphatic rings. The van der Waals surface area contributed by atoms with E-state index in [0.717, 1.165) is 38.4 Å². The third-order valence-corrected chi connectivity index (χ3v) is 3.79. The standard InChI is InChI=1S/C16H14BrN3/c1-10-13(7-12(17)8-14(10)18)16-19-9-15(20-16)11-5-3-2-4-6-11/h2-9H,18H2,1H3,(H,19,20). The lowest BCUT2D eigenvalue weighted by molar-refractivity contribution is 1.28. The second kappa shape index (κ2) is 5.13. The lowest BCUT2D eigenvalue weighted by Crippen LogP contribution is -1.94. The Kier molecular flexibility index (Phi) is 3.32. The van der Waals surface area contributed by atoms with Gasteiger partial charge in [-0.05, 0) is 30.2 Å². The molecule has 0 spiro atoms. The highest BCUT2D eigenvalue weighted by Crippen LogP contribution is 2.30. The SMILES string of the molecule is Cc1c(N)cc(Br)cc1-c1ncc(-c2ccccc2)[nH]1. The molecule has 0 unspecified atom stereocenters. The van der Waals surface area contributed by atoms with Crippen LogP contribution in [0.1, 0.15) is 5.56 Å². The van der Waals surface area contributed by atoms with Gasteiger partial charge in [-0.25, -0.2) is 4.98 Å². The lowest BCUT2D eigenvalue weighted by Gasteiger charge is -2.07. The van der Waals surface area contributed by atoms with Crippen LogP contribution in [0.3, 0.4) is 0 Å². The summed E-state index contributed by atoms with van der Waals surface area (Å²) in [5.41, 5.74) is 10.9. The van der Waals surface area contributed by atoms with Crippen LogP contribution in [0.15, 0.2) is 53.1 Å². The van der Waals surface area contributed by atoms with Crippen LogP contribution in [-0.4, -0.2) is 9.97 Å². The van der Waals surface area contributed by atoms with E-state index in [1.54, 1.807) is 0 Å². The van der Waals surface area contributed by atoms with Gasteiger partial charge in [0.2, 0.25) is 0 Å². The van der Waals surface area contributed by atoms with Crippen LogP contribution in [0.4, 0.5) is 5.69 Å². The van der Waals surface area contributed by atoms with Crippen LogP contribution in [0, 0.1) is 6.92 Å². The van der Waals surface area contributed by atoms with Crippen LogP contribution >= 0.6 is 15.9 Å². The molecule has 3 nitrogen and oxygen atoms in total. The Balaban J connectivity index is 2.07. The average Bonchev–Trinajstić information content (AvgIpc) is 2.93. The average molecular weight is 328 g/mol. The number of nitrogens with zero attached hydrogens (tertiary/aromatic N) is 1. The third kappa shape index (κ3) is 2.34. The maximum atomic E-state index is 6.01. The van der Waals surface area contributed by atoms with Gasteiger partial charge in [-0.15, -0.1) is 0 Å². The Morgan fingerprint density at radius 1 is 1.15 bits per heavy atom. The van der Waals surface area contributed by atoms with Crippen molar-refractivity contribution in [3.05, 3.63) is 58.7 Å². The van der Waals surface area contributed by atoms with Crippen LogP contribution in [-0.2, 0) is 0 Å². The van der Waals surface area contributed by atoms with Gasteiger partial charge < -0.3 is 10.7 Å². The fraction of sp³-hybridized carbons (Fsp3) is 0.0625. The highest BCUT2D eigenvalue weighted by Gasteiger charge is 2.10. The first-order valence-electron chi connectivity index (χ1n) is 6.31. The molecule has 4 heteroatoms. The maximum absolute atomic E-state index is 6.01. The second-order valence-electron chi connectivity index (χ2n) is 4.68. The number of hydrogen-bond donors (Lipinski definition) is 2. The van der Waals surface area contributed by atoms with E-state index in [0.29, 0.717) is 0 Å². The molecule has 0 aliphatic carbocycles. The van der Waals surface area contributed by atoms with Crippen molar-refractivity contribution in [2.24, 2.45) is 0 Å². The zero-order valence-corrected chi connectivity index (χ0v) is 12.6. The molecule has 0 radical (unpaired) electrons. The Hall–Kier alpha value is -2.07. The fourth-order valence-corrected chi connectivity index (χ4v) is 2.64. The molecule has 0 fully saturated rings. The van der Waals surface area contributed by atoms with Crippen molar-refractivity contribution in [2.45, 2.75) is 6.92 Å². The van der Waals surface area contributed by atoms with Crippen LogP contribution in [0.2, 0.25) is 0 Å². The largest absolute Gasteiger partial charge is 0.398 e. The molecule has 2 aromatic carbocycles. The van der Waals surface area contributed by atoms with E-state index in [2.05, 4.69) is 38.0 Å². The summed E-state index contributed by atoms with van der Waals surface area (Å²) in [7, 11) is 0. The maximum Gasteiger partial charge on any atom is 0.138 e. The monoisotopic (exact) mass is 327 g/mol. The molecule has 3 aromatic rings. The summed E-state index contributed by atoms with van der Waals surface area (Å²) in [6.07, 6.45) is 1.85. The summed E-state index contributed by atoms with van der Waals surface area (Å²) in [6, 6.07) is 14.1. The van der Waals surface area contributed by atoms with E-state index < -0.39 is 0 Å². The number of halogens is 1. The van der Waals surface area contributed by atoms with Gasteiger partial charge in [-0.1, -0.05) is 46.3 Å². The summed E-state index contributed by atoms with van der Waals surface area (Å²) in [4.78, 5) is 7.83. The van der Waals surface area contributed by atoms with Crippen molar-refractivity contribution in [1.29, 1.82) is 0 Å². The number of benzene rings is 2. The van der Waals surface area contributed by atoms with Gasteiger partial charge in [0, 0.05) is 15.7 Å². The van der Waals surface area contributed by atoms with Gasteiger partial charge in [0.05, 0.1) is 11.9 Å². The molecule has 0 saturated carbocycles. The minimum atomic E-state index is 0.757. The molecular formula is C16H14BrN3. The fourth-order valence-electron chi connectivity index (χ4n) is 2.17. The molecule has 0 amide bonds. The number of aromatic nitrogens is 2. The van der Waals surface area contributed by atoms with Gasteiger partial charge in [0.15, 0.2) is 0 Å². The molecule has 20 heavy (non-hydrogen) atoms. The molecule has 0 atom stereocenters. The summed E-state index contributed by atoms with van der Waals surface area (Å²) >= 11 is 3.47. The molecule has 0 aliphatic heterocycles. The van der Waals surface area contributed by atoms with Gasteiger partial charge in [-0.3, -0.25) is 0 Å². The van der Waals surface area contributed by atoms with Crippen LogP contribution in [0.25, 0.3) is 22.6 Å². The van der Waals surface area contributed by atoms with E-state index >= 15 is 0 Å². The van der Waals surface area contributed by atoms with Gasteiger partial charge in [0.25, 0.3) is 0 Å². The predicted molar refractivity (Wildman–Crippen MR) is 86.3 cm³/mol. The van der Waals surface area contributed by atoms with Crippen LogP contribution in [0.5, 0.6) is 0 Å². The molecule has 0 bridgehead atoms. The van der Waals surface area contributed by atoms with E-state index in [1.165, 1.54) is 0 Å². The molecule has 3 N–H and O–H groups in total. The number of anilines is 1. The smallest absolute Gasteiger partial charge is 0.138 e. The second-order valence-corrected chi connectivity index (χ2v) is 5.59. The topological polar surface area (TPSA) is 54.7 Å². The zero-order chi connectivity index (χ0) is 14.1. The van der Waals surface area contributed by atoms with Gasteiger partial charge >= 0.3 is 0 Å². The Bertz CT molecular complexity index is 748. The highest BCUT2D eigenvalue weighted by atomic mass is 79.9. The quantitative estimate of drug-likeness (QED) is 0.685. The lowest BCUT2D eigenvalue weighted by atomic mass is 10.1. The van der Waals surface area contributed by atoms with Crippen molar-refractivity contribution < 1.29 is 0 Å². The number of imidazole rings is 1. The number of nitrogens with one attached hydrogen (secondary N) is 1. The first-order valence-corrected chi connectivity index (χ1v) is 7.11. The Morgan fingerprint density at radius 2 is 1.90 bits per heavy atom. The number of rotatable bonds is 2. The first kappa shape index (κ1) is 12.9. The molecule has 1 heterocycles. The minimum absolute atomic E-state index is 0.757. The minimum Gasteiger partial charge on any atom is -0.398 e. The summed E-state index contributed by atoms with van der Waals surface area (Å²) in [6.45, 7) is 2.00. The third-order valence-electron chi connectivity index (χ3n) is 3.33. The molecule has 100 valence electrons. The molecule has 1 aromatic heterocycles. The van der Waals surface area contributed by atoms with Crippen LogP contribution < -0.4 is 5.73 Å². The normalized spacial score (nSPS) is 10.7. The summed E-state index contributed by atoms with van der Waals surface area (Å²) in [5, 5.41) is 0. The van der Waals surface area contributed by atoms with Gasteiger partial charge in [0.1, 0.15) is 5.82 Å². The molecule has 0 saturated heterocycles. The summed E-state index contributed by atoms with van der Waals surface area (Å²) < 4.78 is 0.952. The Labute approximate surface area is 126 Å². The van der Waals surface area contributed by atoms with Crippen molar-refractivity contribution in [3.8, 4) is 22.6 Å². The van der Waals surface area contributed by atoms with E-state index in [-0.39, 0.29) is 0 Å². The summed E-state index contributed by atoms with van der Waals surface area (Å²) in [5.74, 6) is 0.828. The number of nitrogen functional groups attached to an aromatic ring is 1. The van der Waals surface area contributed by atoms with E-state index in [1.807, 2.05) is 43.5 Å². The Morgan fingerprint density at radius 3 is 2.65 bits per heavy atom. The molecular weight excluding hydrogens is 314 g/mol. The first-order chi connectivity index (χ1) is 9.65. The van der Waals surface area contributed by atoms with Crippen molar-refractivity contribution in [3.63, 3.8) is 0 Å². The van der Waals surface area contributed by atoms with E-state index in [9.17, 15) is 0 Å². The molecule has 3 rings (SSSR count). The highest BCUT2D eigenvalue weighted by molar-refractivity contribution is 9.10. The van der Waals surface area contributed by atoms with Crippen molar-refractivity contribution in [2.75, 3.05) is 5.73 Å². The number of hydrogen-bond acceptors (Lipinski definition) is 2. The van der Waals surface area contributed by atoms with Gasteiger partial charge in [-0.2, -0.15) is 0 Å². The van der Waals surface area contributed by atoms with Crippen molar-refractivity contribution >= 4 is 21.6 Å². The van der Waals surface area contributed by atoms with E-state index in [4.69, 9.17) is 5.73 Å². The van der Waals surface area contributed by atoms with Crippen molar-refractivity contribution in [1.82, 2.24) is 9.97 Å². The number of nitrogens with two attached hydrogens (primary N) is 1. The number of aromatic amines is 1. The zero-order valence-electron chi connectivity index (χ0n) is 11.0.